The van der Waals surface area contributed by atoms with Crippen molar-refractivity contribution < 1.29 is 13.2 Å². The number of sulfonamides is 1. The Morgan fingerprint density at radius 1 is 1.43 bits per heavy atom. The van der Waals surface area contributed by atoms with Crippen LogP contribution in [0.25, 0.3) is 0 Å². The summed E-state index contributed by atoms with van der Waals surface area (Å²) in [6, 6.07) is 2.76. The van der Waals surface area contributed by atoms with Crippen molar-refractivity contribution in [3.63, 3.8) is 0 Å². The lowest BCUT2D eigenvalue weighted by Crippen LogP contribution is -2.31. The number of carbonyl (C=O) groups is 1. The zero-order chi connectivity index (χ0) is 16.4. The topological polar surface area (TPSA) is 80.5 Å². The summed E-state index contributed by atoms with van der Waals surface area (Å²) in [7, 11) is -2.24. The van der Waals surface area contributed by atoms with Crippen LogP contribution in [0, 0.1) is 12.8 Å². The van der Waals surface area contributed by atoms with Crippen molar-refractivity contribution in [1.82, 2.24) is 4.90 Å². The van der Waals surface area contributed by atoms with Crippen LogP contribution in [0.4, 0.5) is 0 Å². The number of nitrogens with two attached hydrogens (primary N) is 1. The van der Waals surface area contributed by atoms with E-state index in [4.69, 9.17) is 16.7 Å². The van der Waals surface area contributed by atoms with Crippen LogP contribution in [-0.4, -0.2) is 32.8 Å². The maximum absolute atomic E-state index is 12.4. The molecule has 1 unspecified atom stereocenters. The third-order valence-corrected chi connectivity index (χ3v) is 4.91. The summed E-state index contributed by atoms with van der Waals surface area (Å²) in [6.07, 6.45) is 0.953. The molecular formula is C14H21ClN2O3S. The van der Waals surface area contributed by atoms with E-state index in [0.29, 0.717) is 18.0 Å². The van der Waals surface area contributed by atoms with Gasteiger partial charge in [-0.05, 0) is 30.5 Å². The molecule has 118 valence electrons. The van der Waals surface area contributed by atoms with Gasteiger partial charge in [0.1, 0.15) is 0 Å². The fraction of sp³-hybridized carbons (Fsp3) is 0.500. The lowest BCUT2D eigenvalue weighted by molar-refractivity contribution is 0.0774. The van der Waals surface area contributed by atoms with Crippen molar-refractivity contribution in [2.75, 3.05) is 13.6 Å². The molecule has 0 saturated carbocycles. The van der Waals surface area contributed by atoms with E-state index in [-0.39, 0.29) is 21.4 Å². The highest BCUT2D eigenvalue weighted by Crippen LogP contribution is 2.25. The number of primary sulfonamides is 1. The van der Waals surface area contributed by atoms with Crippen LogP contribution in [0.2, 0.25) is 5.02 Å². The Kier molecular flexibility index (Phi) is 5.78. The fourth-order valence-corrected chi connectivity index (χ4v) is 3.08. The molecule has 0 spiro atoms. The molecule has 21 heavy (non-hydrogen) atoms. The number of benzene rings is 1. The Bertz CT molecular complexity index is 644. The van der Waals surface area contributed by atoms with Crippen LogP contribution in [0.15, 0.2) is 17.0 Å². The molecule has 0 heterocycles. The normalized spacial score (nSPS) is 13.0. The molecule has 1 aromatic rings. The molecule has 0 aliphatic heterocycles. The fourth-order valence-electron chi connectivity index (χ4n) is 1.97. The highest BCUT2D eigenvalue weighted by molar-refractivity contribution is 7.89. The third kappa shape index (κ3) is 4.43. The maximum Gasteiger partial charge on any atom is 0.253 e. The van der Waals surface area contributed by atoms with Gasteiger partial charge in [0.2, 0.25) is 10.0 Å². The number of halogens is 1. The van der Waals surface area contributed by atoms with Crippen molar-refractivity contribution in [2.45, 2.75) is 32.1 Å². The minimum atomic E-state index is -3.92. The van der Waals surface area contributed by atoms with E-state index in [1.807, 2.05) is 13.8 Å². The van der Waals surface area contributed by atoms with Crippen LogP contribution in [-0.2, 0) is 10.0 Å². The molecule has 0 fully saturated rings. The van der Waals surface area contributed by atoms with Gasteiger partial charge in [0.25, 0.3) is 5.91 Å². The number of hydrogen-bond acceptors (Lipinski definition) is 3. The Morgan fingerprint density at radius 2 is 2.00 bits per heavy atom. The van der Waals surface area contributed by atoms with Crippen LogP contribution in [0.5, 0.6) is 0 Å². The Balaban J connectivity index is 3.20. The van der Waals surface area contributed by atoms with Crippen LogP contribution in [0.1, 0.15) is 36.2 Å². The van der Waals surface area contributed by atoms with Crippen molar-refractivity contribution in [3.8, 4) is 0 Å². The van der Waals surface area contributed by atoms with E-state index < -0.39 is 10.0 Å². The molecule has 0 saturated heterocycles. The van der Waals surface area contributed by atoms with E-state index in [0.717, 1.165) is 6.42 Å². The number of nitrogens with zero attached hydrogens (tertiary/aromatic N) is 1. The average molecular weight is 333 g/mol. The van der Waals surface area contributed by atoms with Crippen LogP contribution in [0.3, 0.4) is 0 Å². The molecule has 1 rings (SSSR count). The standard InChI is InChI=1S/C14H21ClN2O3S/c1-5-9(2)8-17(4)14(18)11-6-12(15)10(3)13(7-11)21(16,19)20/h6-7,9H,5,8H2,1-4H3,(H2,16,19,20). The molecule has 2 N–H and O–H groups in total. The Hall–Kier alpha value is -1.11. The minimum Gasteiger partial charge on any atom is -0.341 e. The molecule has 0 aliphatic rings. The zero-order valence-corrected chi connectivity index (χ0v) is 14.3. The predicted octanol–water partition coefficient (Wildman–Crippen LogP) is 2.41. The Labute approximate surface area is 131 Å². The summed E-state index contributed by atoms with van der Waals surface area (Å²) in [5.41, 5.74) is 0.570. The number of hydrogen-bond donors (Lipinski definition) is 1. The summed E-state index contributed by atoms with van der Waals surface area (Å²) in [5, 5.41) is 5.37. The van der Waals surface area contributed by atoms with Gasteiger partial charge in [-0.3, -0.25) is 4.79 Å². The van der Waals surface area contributed by atoms with Gasteiger partial charge in [0, 0.05) is 24.2 Å². The van der Waals surface area contributed by atoms with E-state index in [2.05, 4.69) is 0 Å². The second-order valence-corrected chi connectivity index (χ2v) is 7.26. The smallest absolute Gasteiger partial charge is 0.253 e. The van der Waals surface area contributed by atoms with Crippen LogP contribution < -0.4 is 5.14 Å². The second-order valence-electron chi connectivity index (χ2n) is 5.33. The van der Waals surface area contributed by atoms with Crippen molar-refractivity contribution >= 4 is 27.5 Å². The summed E-state index contributed by atoms with van der Waals surface area (Å²) in [4.78, 5) is 13.8. The summed E-state index contributed by atoms with van der Waals surface area (Å²) < 4.78 is 23.1. The minimum absolute atomic E-state index is 0.115. The quantitative estimate of drug-likeness (QED) is 0.899. The number of amides is 1. The summed E-state index contributed by atoms with van der Waals surface area (Å²) in [6.45, 7) is 6.23. The Morgan fingerprint density at radius 3 is 2.48 bits per heavy atom. The molecule has 1 atom stereocenters. The highest BCUT2D eigenvalue weighted by atomic mass is 35.5. The summed E-state index contributed by atoms with van der Waals surface area (Å²) in [5.74, 6) is 0.0830. The monoisotopic (exact) mass is 332 g/mol. The molecular weight excluding hydrogens is 312 g/mol. The predicted molar refractivity (Wildman–Crippen MR) is 84.0 cm³/mol. The lowest BCUT2D eigenvalue weighted by atomic mass is 10.1. The molecule has 0 bridgehead atoms. The van der Waals surface area contributed by atoms with E-state index in [1.54, 1.807) is 18.9 Å². The van der Waals surface area contributed by atoms with Gasteiger partial charge < -0.3 is 4.90 Å². The average Bonchev–Trinajstić information content (AvgIpc) is 2.39. The highest BCUT2D eigenvalue weighted by Gasteiger charge is 2.20. The largest absolute Gasteiger partial charge is 0.341 e. The second kappa shape index (κ2) is 6.77. The van der Waals surface area contributed by atoms with E-state index in [1.165, 1.54) is 12.1 Å². The molecule has 1 amide bonds. The van der Waals surface area contributed by atoms with Crippen molar-refractivity contribution in [2.24, 2.45) is 11.1 Å². The van der Waals surface area contributed by atoms with E-state index in [9.17, 15) is 13.2 Å². The van der Waals surface area contributed by atoms with Crippen molar-refractivity contribution in [1.29, 1.82) is 0 Å². The van der Waals surface area contributed by atoms with Gasteiger partial charge in [0.15, 0.2) is 0 Å². The van der Waals surface area contributed by atoms with Crippen molar-refractivity contribution in [3.05, 3.63) is 28.3 Å². The first-order chi connectivity index (χ1) is 9.57. The molecule has 0 aromatic heterocycles. The molecule has 7 heteroatoms. The lowest BCUT2D eigenvalue weighted by Gasteiger charge is -2.21. The van der Waals surface area contributed by atoms with E-state index >= 15 is 0 Å². The SMILES string of the molecule is CCC(C)CN(C)C(=O)c1cc(Cl)c(C)c(S(N)(=O)=O)c1. The van der Waals surface area contributed by atoms with Gasteiger partial charge in [-0.15, -0.1) is 0 Å². The summed E-state index contributed by atoms with van der Waals surface area (Å²) >= 11 is 6.02. The van der Waals surface area contributed by atoms with Crippen LogP contribution >= 0.6 is 11.6 Å². The van der Waals surface area contributed by atoms with Gasteiger partial charge in [-0.1, -0.05) is 31.9 Å². The van der Waals surface area contributed by atoms with Gasteiger partial charge in [-0.25, -0.2) is 13.6 Å². The first-order valence-corrected chi connectivity index (χ1v) is 8.58. The maximum atomic E-state index is 12.4. The zero-order valence-electron chi connectivity index (χ0n) is 12.7. The van der Waals surface area contributed by atoms with Gasteiger partial charge in [0.05, 0.1) is 4.90 Å². The third-order valence-electron chi connectivity index (χ3n) is 3.48. The first-order valence-electron chi connectivity index (χ1n) is 6.66. The van der Waals surface area contributed by atoms with Gasteiger partial charge >= 0.3 is 0 Å². The number of rotatable bonds is 5. The molecule has 0 aliphatic carbocycles. The van der Waals surface area contributed by atoms with Gasteiger partial charge in [-0.2, -0.15) is 0 Å². The molecule has 5 nitrogen and oxygen atoms in total. The first kappa shape index (κ1) is 17.9. The number of carbonyl (C=O) groups excluding carboxylic acids is 1. The molecule has 1 aromatic carbocycles. The molecule has 0 radical (unpaired) electrons.